The summed E-state index contributed by atoms with van der Waals surface area (Å²) in [6, 6.07) is 3.22. The van der Waals surface area contributed by atoms with Crippen LogP contribution >= 0.6 is 0 Å². The van der Waals surface area contributed by atoms with Gasteiger partial charge in [-0.3, -0.25) is 9.59 Å². The number of ether oxygens (including phenoxy) is 2. The summed E-state index contributed by atoms with van der Waals surface area (Å²) < 4.78 is 72.9. The van der Waals surface area contributed by atoms with E-state index in [1.165, 1.54) is 7.11 Å². The third kappa shape index (κ3) is 4.14. The van der Waals surface area contributed by atoms with Crippen molar-refractivity contribution in [1.29, 1.82) is 0 Å². The fraction of sp³-hybridized carbons (Fsp3) is 0.467. The molecular formula is C15H14F5NO5. The molecule has 0 aromatic heterocycles. The van der Waals surface area contributed by atoms with Gasteiger partial charge in [-0.15, -0.1) is 0 Å². The normalized spacial score (nSPS) is 20.3. The van der Waals surface area contributed by atoms with E-state index in [1.54, 1.807) is 0 Å². The number of methoxy groups -OCH3 is 1. The summed E-state index contributed by atoms with van der Waals surface area (Å²) in [6.07, 6.45) is -4.79. The Labute approximate surface area is 144 Å². The molecular weight excluding hydrogens is 369 g/mol. The van der Waals surface area contributed by atoms with Crippen molar-refractivity contribution in [2.45, 2.75) is 12.8 Å². The quantitative estimate of drug-likeness (QED) is 0.792. The van der Waals surface area contributed by atoms with Crippen LogP contribution in [0.2, 0.25) is 0 Å². The standard InChI is InChI=1S/C15H14F5NO5/c1-25-10-3-2-7(4-11(10)26-14(16)17)12(22)21-5-8(13(23)24)9(6-21)15(18,19)20/h2-4,8-9,14H,5-6H2,1H3,(H,23,24)/t8-,9-/m1/s1. The second-order valence-corrected chi connectivity index (χ2v) is 5.55. The van der Waals surface area contributed by atoms with E-state index in [1.807, 2.05) is 0 Å². The number of likely N-dealkylation sites (tertiary alicyclic amines) is 1. The molecule has 6 nitrogen and oxygen atoms in total. The largest absolute Gasteiger partial charge is 0.493 e. The first-order chi connectivity index (χ1) is 12.0. The number of aliphatic carboxylic acids is 1. The minimum absolute atomic E-state index is 0.0974. The number of carboxylic acids is 1. The van der Waals surface area contributed by atoms with Gasteiger partial charge < -0.3 is 19.5 Å². The molecule has 1 aromatic carbocycles. The molecule has 0 saturated carbocycles. The molecule has 0 unspecified atom stereocenters. The molecule has 1 fully saturated rings. The third-order valence-corrected chi connectivity index (χ3v) is 3.97. The van der Waals surface area contributed by atoms with Crippen LogP contribution in [-0.2, 0) is 4.79 Å². The maximum absolute atomic E-state index is 13.0. The van der Waals surface area contributed by atoms with E-state index in [-0.39, 0.29) is 11.3 Å². The number of amides is 1. The highest BCUT2D eigenvalue weighted by atomic mass is 19.4. The Morgan fingerprint density at radius 3 is 2.35 bits per heavy atom. The zero-order valence-electron chi connectivity index (χ0n) is 13.3. The van der Waals surface area contributed by atoms with Gasteiger partial charge in [-0.2, -0.15) is 22.0 Å². The molecule has 1 N–H and O–H groups in total. The smallest absolute Gasteiger partial charge is 0.394 e. The van der Waals surface area contributed by atoms with Crippen molar-refractivity contribution in [3.8, 4) is 11.5 Å². The zero-order valence-corrected chi connectivity index (χ0v) is 13.3. The van der Waals surface area contributed by atoms with Gasteiger partial charge in [0.25, 0.3) is 5.91 Å². The minimum atomic E-state index is -4.79. The molecule has 2 rings (SSSR count). The Hall–Kier alpha value is -2.59. The summed E-state index contributed by atoms with van der Waals surface area (Å²) in [6.45, 7) is -4.68. The number of benzene rings is 1. The number of hydrogen-bond donors (Lipinski definition) is 1. The predicted molar refractivity (Wildman–Crippen MR) is 76.2 cm³/mol. The summed E-state index contributed by atoms with van der Waals surface area (Å²) >= 11 is 0. The average Bonchev–Trinajstić information content (AvgIpc) is 2.99. The lowest BCUT2D eigenvalue weighted by Gasteiger charge is -2.19. The van der Waals surface area contributed by atoms with Crippen LogP contribution in [0.5, 0.6) is 11.5 Å². The van der Waals surface area contributed by atoms with Gasteiger partial charge in [0, 0.05) is 18.7 Å². The summed E-state index contributed by atoms with van der Waals surface area (Å²) in [7, 11) is 1.18. The molecule has 11 heteroatoms. The number of carbonyl (C=O) groups is 2. The third-order valence-electron chi connectivity index (χ3n) is 3.97. The highest BCUT2D eigenvalue weighted by Crippen LogP contribution is 2.38. The summed E-state index contributed by atoms with van der Waals surface area (Å²) in [4.78, 5) is 24.2. The maximum Gasteiger partial charge on any atom is 0.394 e. The van der Waals surface area contributed by atoms with Crippen LogP contribution in [0, 0.1) is 11.8 Å². The lowest BCUT2D eigenvalue weighted by Crippen LogP contribution is -2.34. The van der Waals surface area contributed by atoms with Crippen molar-refractivity contribution in [3.05, 3.63) is 23.8 Å². The van der Waals surface area contributed by atoms with Crippen LogP contribution in [0.15, 0.2) is 18.2 Å². The molecule has 0 aliphatic carbocycles. The molecule has 1 aromatic rings. The summed E-state index contributed by atoms with van der Waals surface area (Å²) in [5.74, 6) is -7.16. The van der Waals surface area contributed by atoms with Crippen molar-refractivity contribution in [3.63, 3.8) is 0 Å². The van der Waals surface area contributed by atoms with Gasteiger partial charge in [0.1, 0.15) is 0 Å². The van der Waals surface area contributed by atoms with E-state index < -0.39 is 55.3 Å². The number of alkyl halides is 5. The molecule has 0 radical (unpaired) electrons. The molecule has 0 spiro atoms. The first kappa shape index (κ1) is 19.7. The van der Waals surface area contributed by atoms with Crippen LogP contribution in [-0.4, -0.2) is 54.9 Å². The highest BCUT2D eigenvalue weighted by Gasteiger charge is 2.53. The first-order valence-electron chi connectivity index (χ1n) is 7.26. The van der Waals surface area contributed by atoms with E-state index >= 15 is 0 Å². The van der Waals surface area contributed by atoms with Crippen LogP contribution in [0.1, 0.15) is 10.4 Å². The second kappa shape index (κ2) is 7.34. The summed E-state index contributed by atoms with van der Waals surface area (Å²) in [5.41, 5.74) is -0.228. The average molecular weight is 383 g/mol. The van der Waals surface area contributed by atoms with E-state index in [4.69, 9.17) is 9.84 Å². The first-order valence-corrected chi connectivity index (χ1v) is 7.26. The topological polar surface area (TPSA) is 76.1 Å². The van der Waals surface area contributed by atoms with Crippen molar-refractivity contribution in [2.75, 3.05) is 20.2 Å². The number of hydrogen-bond acceptors (Lipinski definition) is 4. The Bertz CT molecular complexity index is 693. The zero-order chi connectivity index (χ0) is 19.6. The fourth-order valence-corrected chi connectivity index (χ4v) is 2.73. The van der Waals surface area contributed by atoms with Crippen molar-refractivity contribution < 1.29 is 46.1 Å². The molecule has 1 aliphatic rings. The summed E-state index contributed by atoms with van der Waals surface area (Å²) in [5, 5.41) is 8.97. The van der Waals surface area contributed by atoms with Crippen LogP contribution in [0.25, 0.3) is 0 Å². The maximum atomic E-state index is 13.0. The molecule has 1 heterocycles. The number of rotatable bonds is 5. The Kier molecular flexibility index (Phi) is 5.57. The van der Waals surface area contributed by atoms with Gasteiger partial charge in [0.15, 0.2) is 11.5 Å². The number of nitrogens with zero attached hydrogens (tertiary/aromatic N) is 1. The van der Waals surface area contributed by atoms with Gasteiger partial charge in [-0.05, 0) is 18.2 Å². The Morgan fingerprint density at radius 2 is 1.88 bits per heavy atom. The van der Waals surface area contributed by atoms with Gasteiger partial charge >= 0.3 is 18.8 Å². The fourth-order valence-electron chi connectivity index (χ4n) is 2.73. The molecule has 0 bridgehead atoms. The number of carbonyl (C=O) groups excluding carboxylic acids is 1. The molecule has 1 aliphatic heterocycles. The molecule has 2 atom stereocenters. The minimum Gasteiger partial charge on any atom is -0.493 e. The molecule has 1 saturated heterocycles. The second-order valence-electron chi connectivity index (χ2n) is 5.55. The van der Waals surface area contributed by atoms with Gasteiger partial charge in [-0.25, -0.2) is 0 Å². The Morgan fingerprint density at radius 1 is 1.23 bits per heavy atom. The van der Waals surface area contributed by atoms with Gasteiger partial charge in [0.05, 0.1) is 18.9 Å². The van der Waals surface area contributed by atoms with Gasteiger partial charge in [0.2, 0.25) is 0 Å². The molecule has 1 amide bonds. The van der Waals surface area contributed by atoms with Crippen LogP contribution in [0.4, 0.5) is 22.0 Å². The predicted octanol–water partition coefficient (Wildman–Crippen LogP) is 2.63. The van der Waals surface area contributed by atoms with Crippen molar-refractivity contribution >= 4 is 11.9 Å². The van der Waals surface area contributed by atoms with Crippen molar-refractivity contribution in [2.24, 2.45) is 11.8 Å². The highest BCUT2D eigenvalue weighted by molar-refractivity contribution is 5.95. The lowest BCUT2D eigenvalue weighted by molar-refractivity contribution is -0.187. The lowest BCUT2D eigenvalue weighted by atomic mass is 9.96. The molecule has 26 heavy (non-hydrogen) atoms. The van der Waals surface area contributed by atoms with Crippen LogP contribution in [0.3, 0.4) is 0 Å². The van der Waals surface area contributed by atoms with Crippen LogP contribution < -0.4 is 9.47 Å². The van der Waals surface area contributed by atoms with Gasteiger partial charge in [-0.1, -0.05) is 0 Å². The van der Waals surface area contributed by atoms with E-state index in [9.17, 15) is 31.5 Å². The Balaban J connectivity index is 2.27. The van der Waals surface area contributed by atoms with E-state index in [0.29, 0.717) is 0 Å². The molecule has 144 valence electrons. The monoisotopic (exact) mass is 383 g/mol. The van der Waals surface area contributed by atoms with E-state index in [0.717, 1.165) is 23.1 Å². The van der Waals surface area contributed by atoms with Crippen molar-refractivity contribution in [1.82, 2.24) is 4.90 Å². The SMILES string of the molecule is COc1ccc(C(=O)N2C[C@@H](C(F)(F)F)[C@H](C(=O)O)C2)cc1OC(F)F. The number of carboxylic acid groups (broad SMARTS) is 1. The van der Waals surface area contributed by atoms with E-state index in [2.05, 4.69) is 4.74 Å². The number of halogens is 5.